The molecule has 0 spiro atoms. The molecule has 1 unspecified atom stereocenters. The SMILES string of the molecule is C=C(OC(=O)/C(C)=C/CC1CCCO1)C(=O)N(CC)CC. The average Bonchev–Trinajstić information content (AvgIpc) is 2.98. The quantitative estimate of drug-likeness (QED) is 0.411. The van der Waals surface area contributed by atoms with Gasteiger partial charge in [0.2, 0.25) is 0 Å². The third-order valence-electron chi connectivity index (χ3n) is 3.54. The van der Waals surface area contributed by atoms with Gasteiger partial charge < -0.3 is 14.4 Å². The molecule has 21 heavy (non-hydrogen) atoms. The number of hydrogen-bond donors (Lipinski definition) is 0. The van der Waals surface area contributed by atoms with Gasteiger partial charge in [0.1, 0.15) is 0 Å². The van der Waals surface area contributed by atoms with Crippen LogP contribution in [-0.2, 0) is 19.1 Å². The Labute approximate surface area is 126 Å². The van der Waals surface area contributed by atoms with Gasteiger partial charge >= 0.3 is 5.97 Å². The van der Waals surface area contributed by atoms with E-state index in [-0.39, 0.29) is 17.8 Å². The first-order valence-corrected chi connectivity index (χ1v) is 7.48. The molecule has 5 heteroatoms. The molecule has 118 valence electrons. The summed E-state index contributed by atoms with van der Waals surface area (Å²) < 4.78 is 10.5. The van der Waals surface area contributed by atoms with Crippen LogP contribution < -0.4 is 0 Å². The molecule has 1 atom stereocenters. The van der Waals surface area contributed by atoms with Gasteiger partial charge in [-0.15, -0.1) is 0 Å². The van der Waals surface area contributed by atoms with Crippen molar-refractivity contribution in [2.75, 3.05) is 19.7 Å². The molecule has 1 aliphatic rings. The summed E-state index contributed by atoms with van der Waals surface area (Å²) in [4.78, 5) is 25.4. The van der Waals surface area contributed by atoms with Crippen LogP contribution in [0.4, 0.5) is 0 Å². The van der Waals surface area contributed by atoms with E-state index in [2.05, 4.69) is 6.58 Å². The summed E-state index contributed by atoms with van der Waals surface area (Å²) >= 11 is 0. The number of rotatable bonds is 7. The van der Waals surface area contributed by atoms with Gasteiger partial charge in [-0.05, 0) is 40.0 Å². The normalized spacial score (nSPS) is 18.4. The largest absolute Gasteiger partial charge is 0.418 e. The minimum atomic E-state index is -0.529. The van der Waals surface area contributed by atoms with Crippen molar-refractivity contribution in [3.05, 3.63) is 24.0 Å². The van der Waals surface area contributed by atoms with Crippen LogP contribution >= 0.6 is 0 Å². The molecule has 1 aliphatic heterocycles. The first-order chi connectivity index (χ1) is 9.99. The van der Waals surface area contributed by atoms with E-state index in [4.69, 9.17) is 9.47 Å². The number of hydrogen-bond acceptors (Lipinski definition) is 4. The molecule has 1 saturated heterocycles. The number of amides is 1. The van der Waals surface area contributed by atoms with E-state index in [9.17, 15) is 9.59 Å². The molecule has 0 aromatic carbocycles. The van der Waals surface area contributed by atoms with Gasteiger partial charge in [-0.1, -0.05) is 12.7 Å². The minimum Gasteiger partial charge on any atom is -0.418 e. The van der Waals surface area contributed by atoms with Crippen LogP contribution in [-0.4, -0.2) is 42.6 Å². The van der Waals surface area contributed by atoms with E-state index in [0.29, 0.717) is 25.1 Å². The zero-order valence-electron chi connectivity index (χ0n) is 13.2. The van der Waals surface area contributed by atoms with Crippen molar-refractivity contribution in [1.29, 1.82) is 0 Å². The van der Waals surface area contributed by atoms with E-state index < -0.39 is 5.97 Å². The van der Waals surface area contributed by atoms with Crippen LogP contribution in [0.1, 0.15) is 40.0 Å². The highest BCUT2D eigenvalue weighted by molar-refractivity contribution is 5.96. The van der Waals surface area contributed by atoms with Gasteiger partial charge in [0.25, 0.3) is 5.91 Å². The smallest absolute Gasteiger partial charge is 0.338 e. The number of likely N-dealkylation sites (N-methyl/N-ethyl adjacent to an activating group) is 1. The molecule has 0 N–H and O–H groups in total. The second kappa shape index (κ2) is 8.62. The van der Waals surface area contributed by atoms with Crippen LogP contribution in [0.3, 0.4) is 0 Å². The first kappa shape index (κ1) is 17.4. The van der Waals surface area contributed by atoms with E-state index in [1.807, 2.05) is 13.8 Å². The van der Waals surface area contributed by atoms with Crippen molar-refractivity contribution in [3.8, 4) is 0 Å². The molecule has 0 radical (unpaired) electrons. The number of carbonyl (C=O) groups is 2. The Morgan fingerprint density at radius 3 is 2.57 bits per heavy atom. The molecular weight excluding hydrogens is 270 g/mol. The van der Waals surface area contributed by atoms with E-state index in [1.54, 1.807) is 17.9 Å². The second-order valence-corrected chi connectivity index (χ2v) is 5.05. The maximum absolute atomic E-state index is 11.9. The molecule has 0 saturated carbocycles. The average molecular weight is 295 g/mol. The Kier molecular flexibility index (Phi) is 7.15. The summed E-state index contributed by atoms with van der Waals surface area (Å²) in [6.45, 7) is 10.8. The number of esters is 1. The Bertz CT molecular complexity index is 418. The molecule has 0 bridgehead atoms. The summed E-state index contributed by atoms with van der Waals surface area (Å²) in [6.07, 6.45) is 4.77. The lowest BCUT2D eigenvalue weighted by Crippen LogP contribution is -2.32. The zero-order valence-corrected chi connectivity index (χ0v) is 13.2. The molecule has 1 rings (SSSR count). The monoisotopic (exact) mass is 295 g/mol. The third kappa shape index (κ3) is 5.34. The number of ether oxygens (including phenoxy) is 2. The predicted molar refractivity (Wildman–Crippen MR) is 80.5 cm³/mol. The Hall–Kier alpha value is -1.62. The van der Waals surface area contributed by atoms with Crippen LogP contribution in [0.15, 0.2) is 24.0 Å². The number of carbonyl (C=O) groups excluding carboxylic acids is 2. The van der Waals surface area contributed by atoms with Crippen molar-refractivity contribution in [2.45, 2.75) is 46.1 Å². The van der Waals surface area contributed by atoms with Gasteiger partial charge in [-0.25, -0.2) is 4.79 Å². The lowest BCUT2D eigenvalue weighted by atomic mass is 10.1. The summed E-state index contributed by atoms with van der Waals surface area (Å²) in [5.74, 6) is -1.01. The summed E-state index contributed by atoms with van der Waals surface area (Å²) in [6, 6.07) is 0. The molecule has 1 heterocycles. The topological polar surface area (TPSA) is 55.8 Å². The van der Waals surface area contributed by atoms with Gasteiger partial charge in [0.05, 0.1) is 6.10 Å². The summed E-state index contributed by atoms with van der Waals surface area (Å²) in [5.41, 5.74) is 0.471. The van der Waals surface area contributed by atoms with Crippen molar-refractivity contribution in [2.24, 2.45) is 0 Å². The molecule has 1 amide bonds. The van der Waals surface area contributed by atoms with Crippen LogP contribution in [0, 0.1) is 0 Å². The van der Waals surface area contributed by atoms with E-state index >= 15 is 0 Å². The Balaban J connectivity index is 2.48. The van der Waals surface area contributed by atoms with E-state index in [1.165, 1.54) is 0 Å². The molecular formula is C16H25NO4. The van der Waals surface area contributed by atoms with Crippen molar-refractivity contribution in [3.63, 3.8) is 0 Å². The highest BCUT2D eigenvalue weighted by Crippen LogP contribution is 2.17. The second-order valence-electron chi connectivity index (χ2n) is 5.05. The number of nitrogens with zero attached hydrogens (tertiary/aromatic N) is 1. The summed E-state index contributed by atoms with van der Waals surface area (Å²) in [7, 11) is 0. The summed E-state index contributed by atoms with van der Waals surface area (Å²) in [5, 5.41) is 0. The maximum Gasteiger partial charge on any atom is 0.338 e. The molecule has 1 fully saturated rings. The van der Waals surface area contributed by atoms with Gasteiger partial charge in [-0.3, -0.25) is 4.79 Å². The third-order valence-corrected chi connectivity index (χ3v) is 3.54. The first-order valence-electron chi connectivity index (χ1n) is 7.48. The van der Waals surface area contributed by atoms with E-state index in [0.717, 1.165) is 19.4 Å². The fraction of sp³-hybridized carbons (Fsp3) is 0.625. The lowest BCUT2D eigenvalue weighted by Gasteiger charge is -2.19. The van der Waals surface area contributed by atoms with Crippen molar-refractivity contribution < 1.29 is 19.1 Å². The standard InChI is InChI=1S/C16H25NO4/c1-5-17(6-2)15(18)13(4)21-16(19)12(3)9-10-14-8-7-11-20-14/h9,14H,4-8,10-11H2,1-3H3/b12-9+. The van der Waals surface area contributed by atoms with Crippen LogP contribution in [0.2, 0.25) is 0 Å². The van der Waals surface area contributed by atoms with Crippen LogP contribution in [0.25, 0.3) is 0 Å². The maximum atomic E-state index is 11.9. The highest BCUT2D eigenvalue weighted by atomic mass is 16.5. The molecule has 0 aromatic heterocycles. The molecule has 0 aliphatic carbocycles. The van der Waals surface area contributed by atoms with Gasteiger partial charge in [0, 0.05) is 25.3 Å². The molecule has 0 aromatic rings. The highest BCUT2D eigenvalue weighted by Gasteiger charge is 2.19. The minimum absolute atomic E-state index is 0.131. The predicted octanol–water partition coefficient (Wildman–Crippen LogP) is 2.43. The van der Waals surface area contributed by atoms with Crippen molar-refractivity contribution in [1.82, 2.24) is 4.90 Å². The van der Waals surface area contributed by atoms with Crippen molar-refractivity contribution >= 4 is 11.9 Å². The Morgan fingerprint density at radius 2 is 2.05 bits per heavy atom. The van der Waals surface area contributed by atoms with Gasteiger partial charge in [0.15, 0.2) is 5.76 Å². The zero-order chi connectivity index (χ0) is 15.8. The van der Waals surface area contributed by atoms with Gasteiger partial charge in [-0.2, -0.15) is 0 Å². The lowest BCUT2D eigenvalue weighted by molar-refractivity contribution is -0.142. The fourth-order valence-corrected chi connectivity index (χ4v) is 2.15. The van der Waals surface area contributed by atoms with Crippen LogP contribution in [0.5, 0.6) is 0 Å². The molecule has 5 nitrogen and oxygen atoms in total. The Morgan fingerprint density at radius 1 is 1.38 bits per heavy atom. The fourth-order valence-electron chi connectivity index (χ4n) is 2.15.